The molecule has 2 aromatic rings. The number of aliphatic hydroxyl groups excluding tert-OH is 1. The number of nitrogens with one attached hydrogen (secondary N) is 1. The first-order valence-corrected chi connectivity index (χ1v) is 9.99. The molecule has 6 nitrogen and oxygen atoms in total. The van der Waals surface area contributed by atoms with Crippen molar-refractivity contribution < 1.29 is 9.90 Å². The molecule has 1 aromatic carbocycles. The highest BCUT2D eigenvalue weighted by molar-refractivity contribution is 5.94. The molecule has 2 aliphatic rings. The van der Waals surface area contributed by atoms with Gasteiger partial charge in [0.1, 0.15) is 6.61 Å². The Morgan fingerprint density at radius 3 is 2.93 bits per heavy atom. The second kappa shape index (κ2) is 8.46. The van der Waals surface area contributed by atoms with E-state index < -0.39 is 6.61 Å². The molecule has 2 heterocycles. The van der Waals surface area contributed by atoms with E-state index in [4.69, 9.17) is 5.11 Å². The standard InChI is InChI=1S/C23H24N4O2/c24-13-16-2-1-3-17(10-16)19-11-18-4-7-25-14-21(18)22(12-19)26-20-5-8-27(9-6-20)23(29)15-28/h1-2,4,7,10-12,14,17,20,26,28H,3,5-6,8-9,15H2. The first kappa shape index (κ1) is 19.2. The van der Waals surface area contributed by atoms with Crippen LogP contribution in [-0.2, 0) is 4.79 Å². The van der Waals surface area contributed by atoms with Crippen LogP contribution in [0.5, 0.6) is 0 Å². The zero-order chi connectivity index (χ0) is 20.2. The number of hydrogen-bond acceptors (Lipinski definition) is 5. The van der Waals surface area contributed by atoms with E-state index >= 15 is 0 Å². The van der Waals surface area contributed by atoms with Crippen LogP contribution >= 0.6 is 0 Å². The molecular formula is C23H24N4O2. The third-order valence-corrected chi connectivity index (χ3v) is 5.75. The number of nitriles is 1. The minimum atomic E-state index is -0.426. The van der Waals surface area contributed by atoms with Gasteiger partial charge in [-0.3, -0.25) is 9.78 Å². The summed E-state index contributed by atoms with van der Waals surface area (Å²) in [5.74, 6) is -0.0256. The van der Waals surface area contributed by atoms with Crippen molar-refractivity contribution in [2.45, 2.75) is 31.2 Å². The molecule has 1 atom stereocenters. The summed E-state index contributed by atoms with van der Waals surface area (Å²) < 4.78 is 0. The molecule has 1 aliphatic carbocycles. The zero-order valence-electron chi connectivity index (χ0n) is 16.2. The van der Waals surface area contributed by atoms with Crippen molar-refractivity contribution in [3.8, 4) is 6.07 Å². The second-order valence-electron chi connectivity index (χ2n) is 7.60. The lowest BCUT2D eigenvalue weighted by Crippen LogP contribution is -2.43. The number of carbonyl (C=O) groups excluding carboxylic acids is 1. The maximum atomic E-state index is 11.7. The van der Waals surface area contributed by atoms with Gasteiger partial charge in [0, 0.05) is 54.1 Å². The molecule has 1 amide bonds. The number of carbonyl (C=O) groups is 1. The molecule has 1 saturated heterocycles. The molecule has 2 N–H and O–H groups in total. The van der Waals surface area contributed by atoms with Crippen LogP contribution in [0.1, 0.15) is 30.7 Å². The van der Waals surface area contributed by atoms with Crippen LogP contribution < -0.4 is 5.32 Å². The summed E-state index contributed by atoms with van der Waals surface area (Å²) in [5.41, 5.74) is 2.92. The number of benzene rings is 1. The minimum Gasteiger partial charge on any atom is -0.387 e. The third-order valence-electron chi connectivity index (χ3n) is 5.75. The topological polar surface area (TPSA) is 89.2 Å². The molecule has 0 bridgehead atoms. The van der Waals surface area contributed by atoms with Gasteiger partial charge in [-0.1, -0.05) is 18.2 Å². The number of allylic oxidation sites excluding steroid dienone is 4. The Hall–Kier alpha value is -3.17. The van der Waals surface area contributed by atoms with E-state index in [1.807, 2.05) is 24.4 Å². The summed E-state index contributed by atoms with van der Waals surface area (Å²) in [6.07, 6.45) is 12.2. The highest BCUT2D eigenvalue weighted by Crippen LogP contribution is 2.34. The Labute approximate surface area is 170 Å². The van der Waals surface area contributed by atoms with Crippen LogP contribution in [-0.4, -0.2) is 46.6 Å². The van der Waals surface area contributed by atoms with Crippen molar-refractivity contribution in [3.63, 3.8) is 0 Å². The minimum absolute atomic E-state index is 0.178. The van der Waals surface area contributed by atoms with E-state index in [0.29, 0.717) is 18.7 Å². The van der Waals surface area contributed by atoms with Crippen molar-refractivity contribution in [1.29, 1.82) is 5.26 Å². The van der Waals surface area contributed by atoms with Gasteiger partial charge >= 0.3 is 0 Å². The van der Waals surface area contributed by atoms with Crippen LogP contribution in [0.15, 0.2) is 54.4 Å². The lowest BCUT2D eigenvalue weighted by atomic mass is 9.88. The normalized spacial score (nSPS) is 19.7. The molecule has 1 aliphatic heterocycles. The quantitative estimate of drug-likeness (QED) is 0.840. The number of rotatable bonds is 4. The summed E-state index contributed by atoms with van der Waals surface area (Å²) in [4.78, 5) is 17.7. The molecular weight excluding hydrogens is 364 g/mol. The van der Waals surface area contributed by atoms with E-state index in [1.54, 1.807) is 11.1 Å². The van der Waals surface area contributed by atoms with Crippen LogP contribution in [0.25, 0.3) is 10.8 Å². The fraction of sp³-hybridized carbons (Fsp3) is 0.348. The van der Waals surface area contributed by atoms with E-state index in [2.05, 4.69) is 34.6 Å². The van der Waals surface area contributed by atoms with Crippen molar-refractivity contribution in [2.24, 2.45) is 0 Å². The molecule has 6 heteroatoms. The van der Waals surface area contributed by atoms with Gasteiger partial charge in [0.25, 0.3) is 0 Å². The van der Waals surface area contributed by atoms with Gasteiger partial charge in [-0.05, 0) is 48.4 Å². The van der Waals surface area contributed by atoms with Gasteiger partial charge in [-0.25, -0.2) is 0 Å². The average molecular weight is 388 g/mol. The molecule has 1 aromatic heterocycles. The van der Waals surface area contributed by atoms with Gasteiger partial charge in [0.2, 0.25) is 5.91 Å². The third kappa shape index (κ3) is 4.15. The lowest BCUT2D eigenvalue weighted by molar-refractivity contribution is -0.135. The van der Waals surface area contributed by atoms with E-state index in [-0.39, 0.29) is 17.9 Å². The van der Waals surface area contributed by atoms with Gasteiger partial charge in [0.15, 0.2) is 0 Å². The van der Waals surface area contributed by atoms with Crippen LogP contribution in [0, 0.1) is 11.3 Å². The molecule has 0 spiro atoms. The number of likely N-dealkylation sites (tertiary alicyclic amines) is 1. The Morgan fingerprint density at radius 2 is 2.17 bits per heavy atom. The van der Waals surface area contributed by atoms with E-state index in [9.17, 15) is 10.1 Å². The molecule has 0 saturated carbocycles. The Kier molecular flexibility index (Phi) is 5.59. The Balaban J connectivity index is 1.59. The lowest BCUT2D eigenvalue weighted by Gasteiger charge is -2.33. The van der Waals surface area contributed by atoms with Crippen LogP contribution in [0.4, 0.5) is 5.69 Å². The monoisotopic (exact) mass is 388 g/mol. The fourth-order valence-corrected chi connectivity index (χ4v) is 4.14. The summed E-state index contributed by atoms with van der Waals surface area (Å²) in [6.45, 7) is 0.869. The van der Waals surface area contributed by atoms with Gasteiger partial charge in [-0.15, -0.1) is 0 Å². The number of amides is 1. The van der Waals surface area contributed by atoms with Gasteiger partial charge < -0.3 is 15.3 Å². The number of aromatic nitrogens is 1. The van der Waals surface area contributed by atoms with Crippen molar-refractivity contribution >= 4 is 22.4 Å². The van der Waals surface area contributed by atoms with Crippen molar-refractivity contribution in [1.82, 2.24) is 9.88 Å². The second-order valence-corrected chi connectivity index (χ2v) is 7.60. The van der Waals surface area contributed by atoms with Crippen LogP contribution in [0.2, 0.25) is 0 Å². The van der Waals surface area contributed by atoms with E-state index in [0.717, 1.165) is 35.7 Å². The Morgan fingerprint density at radius 1 is 1.34 bits per heavy atom. The number of piperidine rings is 1. The van der Waals surface area contributed by atoms with Crippen molar-refractivity contribution in [2.75, 3.05) is 25.0 Å². The zero-order valence-corrected chi connectivity index (χ0v) is 16.2. The fourth-order valence-electron chi connectivity index (χ4n) is 4.14. The summed E-state index contributed by atoms with van der Waals surface area (Å²) in [6, 6.07) is 8.86. The summed E-state index contributed by atoms with van der Waals surface area (Å²) in [5, 5.41) is 24.1. The molecule has 4 rings (SSSR count). The molecule has 1 unspecified atom stereocenters. The number of aliphatic hydroxyl groups is 1. The van der Waals surface area contributed by atoms with Gasteiger partial charge in [0.05, 0.1) is 6.07 Å². The highest BCUT2D eigenvalue weighted by atomic mass is 16.3. The predicted molar refractivity (Wildman–Crippen MR) is 112 cm³/mol. The largest absolute Gasteiger partial charge is 0.387 e. The summed E-state index contributed by atoms with van der Waals surface area (Å²) >= 11 is 0. The number of nitrogens with zero attached hydrogens (tertiary/aromatic N) is 3. The number of hydrogen-bond donors (Lipinski definition) is 2. The smallest absolute Gasteiger partial charge is 0.248 e. The summed E-state index contributed by atoms with van der Waals surface area (Å²) in [7, 11) is 0. The molecule has 148 valence electrons. The molecule has 1 fully saturated rings. The SMILES string of the molecule is N#CC1=CC(c2cc(NC3CCN(C(=O)CO)CC3)c3cnccc3c2)CC=C1. The highest BCUT2D eigenvalue weighted by Gasteiger charge is 2.23. The number of fused-ring (bicyclic) bond motifs is 1. The first-order chi connectivity index (χ1) is 14.2. The van der Waals surface area contributed by atoms with E-state index in [1.165, 1.54) is 5.56 Å². The Bertz CT molecular complexity index is 1010. The maximum Gasteiger partial charge on any atom is 0.248 e. The van der Waals surface area contributed by atoms with Crippen molar-refractivity contribution in [3.05, 3.63) is 60.0 Å². The van der Waals surface area contributed by atoms with Crippen LogP contribution in [0.3, 0.4) is 0 Å². The number of anilines is 1. The average Bonchev–Trinajstić information content (AvgIpc) is 2.79. The molecule has 0 radical (unpaired) electrons. The predicted octanol–water partition coefficient (Wildman–Crippen LogP) is 3.12. The number of pyridine rings is 1. The maximum absolute atomic E-state index is 11.7. The van der Waals surface area contributed by atoms with Gasteiger partial charge in [-0.2, -0.15) is 5.26 Å². The first-order valence-electron chi connectivity index (χ1n) is 9.99. The molecule has 29 heavy (non-hydrogen) atoms.